The van der Waals surface area contributed by atoms with E-state index in [-0.39, 0.29) is 18.9 Å². The molecule has 12 atom stereocenters. The predicted molar refractivity (Wildman–Crippen MR) is 217 cm³/mol. The fraction of sp³-hybridized carbons (Fsp3) is 0.791. The van der Waals surface area contributed by atoms with Crippen molar-refractivity contribution < 1.29 is 64.6 Å². The minimum absolute atomic E-state index is 0.258. The summed E-state index contributed by atoms with van der Waals surface area (Å²) in [5, 5.41) is 86.1. The number of hydrogen-bond acceptors (Lipinski definition) is 13. The molecule has 0 saturated carbocycles. The van der Waals surface area contributed by atoms with Crippen LogP contribution < -0.4 is 5.32 Å². The summed E-state index contributed by atoms with van der Waals surface area (Å²) in [5.74, 6) is -0.270. The number of carbonyl (C=O) groups is 1. The summed E-state index contributed by atoms with van der Waals surface area (Å²) < 4.78 is 22.5. The molecule has 0 spiro atoms. The van der Waals surface area contributed by atoms with Crippen molar-refractivity contribution in [1.29, 1.82) is 0 Å². The molecule has 12 unspecified atom stereocenters. The van der Waals surface area contributed by atoms with E-state index in [0.717, 1.165) is 57.8 Å². The first-order valence-corrected chi connectivity index (χ1v) is 21.3. The number of nitrogens with one attached hydrogen (secondary N) is 1. The van der Waals surface area contributed by atoms with Crippen molar-refractivity contribution in [2.45, 2.75) is 197 Å². The van der Waals surface area contributed by atoms with Gasteiger partial charge in [0.2, 0.25) is 5.91 Å². The van der Waals surface area contributed by atoms with Crippen molar-refractivity contribution in [3.05, 3.63) is 48.6 Å². The number of aliphatic hydroxyl groups excluding tert-OH is 8. The van der Waals surface area contributed by atoms with Crippen LogP contribution in [0.5, 0.6) is 0 Å². The van der Waals surface area contributed by atoms with Gasteiger partial charge in [-0.25, -0.2) is 0 Å². The molecule has 0 aromatic carbocycles. The van der Waals surface area contributed by atoms with Crippen molar-refractivity contribution in [3.8, 4) is 0 Å². The third-order valence-electron chi connectivity index (χ3n) is 10.3. The van der Waals surface area contributed by atoms with E-state index in [0.29, 0.717) is 12.8 Å². The fourth-order valence-corrected chi connectivity index (χ4v) is 6.73. The molecule has 2 rings (SSSR count). The number of unbranched alkanes of at least 4 members (excludes halogenated alkanes) is 12. The van der Waals surface area contributed by atoms with Gasteiger partial charge in [-0.3, -0.25) is 4.79 Å². The lowest BCUT2D eigenvalue weighted by Crippen LogP contribution is -2.65. The molecule has 57 heavy (non-hydrogen) atoms. The van der Waals surface area contributed by atoms with Gasteiger partial charge in [-0.15, -0.1) is 0 Å². The van der Waals surface area contributed by atoms with Crippen LogP contribution in [0.4, 0.5) is 0 Å². The highest BCUT2D eigenvalue weighted by Gasteiger charge is 2.50. The largest absolute Gasteiger partial charge is 0.394 e. The molecule has 14 nitrogen and oxygen atoms in total. The van der Waals surface area contributed by atoms with E-state index in [9.17, 15) is 45.6 Å². The van der Waals surface area contributed by atoms with Gasteiger partial charge in [-0.05, 0) is 64.7 Å². The quantitative estimate of drug-likeness (QED) is 0.0375. The lowest BCUT2D eigenvalue weighted by atomic mass is 9.97. The van der Waals surface area contributed by atoms with Gasteiger partial charge in [0, 0.05) is 6.42 Å². The molecule has 330 valence electrons. The topological polar surface area (TPSA) is 228 Å². The van der Waals surface area contributed by atoms with Gasteiger partial charge in [0.25, 0.3) is 0 Å². The van der Waals surface area contributed by atoms with E-state index in [4.69, 9.17) is 18.9 Å². The Morgan fingerprint density at radius 2 is 1.19 bits per heavy atom. The van der Waals surface area contributed by atoms with Crippen molar-refractivity contribution in [1.82, 2.24) is 5.32 Å². The Balaban J connectivity index is 1.93. The van der Waals surface area contributed by atoms with E-state index < -0.39 is 86.8 Å². The normalized spacial score (nSPS) is 29.6. The van der Waals surface area contributed by atoms with Crippen LogP contribution >= 0.6 is 0 Å². The maximum Gasteiger partial charge on any atom is 0.220 e. The Morgan fingerprint density at radius 3 is 1.82 bits per heavy atom. The molecule has 2 aliphatic heterocycles. The van der Waals surface area contributed by atoms with Gasteiger partial charge >= 0.3 is 0 Å². The molecule has 0 bridgehead atoms. The monoisotopic (exact) mass is 814 g/mol. The first-order valence-electron chi connectivity index (χ1n) is 21.3. The number of allylic oxidation sites excluding steroid dienone is 7. The molecule has 1 amide bonds. The molecule has 0 aliphatic carbocycles. The second-order valence-electron chi connectivity index (χ2n) is 15.1. The molecule has 0 radical (unpaired) electrons. The number of rotatable bonds is 30. The zero-order valence-corrected chi connectivity index (χ0v) is 34.3. The van der Waals surface area contributed by atoms with Crippen LogP contribution in [0.1, 0.15) is 123 Å². The summed E-state index contributed by atoms with van der Waals surface area (Å²) in [7, 11) is 0. The van der Waals surface area contributed by atoms with Crippen LogP contribution in [-0.4, -0.2) is 140 Å². The molecule has 2 aliphatic rings. The zero-order chi connectivity index (χ0) is 41.8. The minimum atomic E-state index is -1.79. The summed E-state index contributed by atoms with van der Waals surface area (Å²) in [6, 6.07) is -0.938. The van der Waals surface area contributed by atoms with E-state index in [1.54, 1.807) is 6.08 Å². The summed E-state index contributed by atoms with van der Waals surface area (Å²) >= 11 is 0. The van der Waals surface area contributed by atoms with E-state index in [2.05, 4.69) is 42.6 Å². The summed E-state index contributed by atoms with van der Waals surface area (Å²) in [6.45, 7) is 2.46. The highest BCUT2D eigenvalue weighted by Crippen LogP contribution is 2.29. The van der Waals surface area contributed by atoms with Gasteiger partial charge in [-0.2, -0.15) is 0 Å². The van der Waals surface area contributed by atoms with E-state index in [1.807, 2.05) is 19.1 Å². The van der Waals surface area contributed by atoms with Crippen molar-refractivity contribution >= 4 is 5.91 Å². The Hall–Kier alpha value is -2.05. The number of hydrogen-bond donors (Lipinski definition) is 9. The van der Waals surface area contributed by atoms with Crippen LogP contribution in [0.2, 0.25) is 0 Å². The summed E-state index contributed by atoms with van der Waals surface area (Å²) in [5.41, 5.74) is 0. The van der Waals surface area contributed by atoms with Gasteiger partial charge < -0.3 is 65.1 Å². The number of aliphatic hydroxyl groups is 8. The lowest BCUT2D eigenvalue weighted by Gasteiger charge is -2.46. The zero-order valence-electron chi connectivity index (χ0n) is 34.3. The molecule has 0 aromatic heterocycles. The molecular weight excluding hydrogens is 738 g/mol. The maximum atomic E-state index is 13.0. The van der Waals surface area contributed by atoms with Crippen LogP contribution in [0.15, 0.2) is 48.6 Å². The first-order chi connectivity index (χ1) is 27.6. The van der Waals surface area contributed by atoms with E-state index >= 15 is 0 Å². The Bertz CT molecular complexity index is 1150. The highest BCUT2D eigenvalue weighted by atomic mass is 16.7. The van der Waals surface area contributed by atoms with Crippen molar-refractivity contribution in [3.63, 3.8) is 0 Å². The molecule has 2 saturated heterocycles. The van der Waals surface area contributed by atoms with Gasteiger partial charge in [0.1, 0.15) is 48.8 Å². The van der Waals surface area contributed by atoms with E-state index in [1.165, 1.54) is 32.1 Å². The lowest BCUT2D eigenvalue weighted by molar-refractivity contribution is -0.359. The minimum Gasteiger partial charge on any atom is -0.394 e. The fourth-order valence-electron chi connectivity index (χ4n) is 6.73. The number of carbonyl (C=O) groups excluding carboxylic acids is 1. The Labute approximate surface area is 340 Å². The van der Waals surface area contributed by atoms with Gasteiger partial charge in [0.05, 0.1) is 32.0 Å². The second-order valence-corrected chi connectivity index (χ2v) is 15.1. The molecule has 2 heterocycles. The van der Waals surface area contributed by atoms with Crippen LogP contribution in [-0.2, 0) is 23.7 Å². The Morgan fingerprint density at radius 1 is 0.649 bits per heavy atom. The van der Waals surface area contributed by atoms with Crippen molar-refractivity contribution in [2.75, 3.05) is 19.8 Å². The average Bonchev–Trinajstić information content (AvgIpc) is 3.21. The third-order valence-corrected chi connectivity index (χ3v) is 10.3. The number of amides is 1. The third kappa shape index (κ3) is 19.7. The summed E-state index contributed by atoms with van der Waals surface area (Å²) in [4.78, 5) is 13.0. The SMILES string of the molecule is C/C=C/CC/C=C/CC/C=C/C(O)C(COC1OC(CO)C(OC2OC(CO)C(O)C(O)C2O)C(O)C1O)NC(=O)CCCCCCC/C=C\CCCCCCC. The number of ether oxygens (including phenoxy) is 4. The van der Waals surface area contributed by atoms with Crippen LogP contribution in [0.3, 0.4) is 0 Å². The van der Waals surface area contributed by atoms with Crippen LogP contribution in [0, 0.1) is 0 Å². The molecule has 9 N–H and O–H groups in total. The van der Waals surface area contributed by atoms with Gasteiger partial charge in [-0.1, -0.05) is 100 Å². The first kappa shape index (κ1) is 51.1. The molecule has 0 aromatic rings. The van der Waals surface area contributed by atoms with Crippen molar-refractivity contribution in [2.24, 2.45) is 0 Å². The Kier molecular flexibility index (Phi) is 27.7. The molecule has 14 heteroatoms. The second kappa shape index (κ2) is 30.9. The smallest absolute Gasteiger partial charge is 0.220 e. The summed E-state index contributed by atoms with van der Waals surface area (Å²) in [6.07, 6.45) is 16.2. The van der Waals surface area contributed by atoms with Gasteiger partial charge in [0.15, 0.2) is 12.6 Å². The predicted octanol–water partition coefficient (Wildman–Crippen LogP) is 3.37. The standard InChI is InChI=1S/C43H75NO13/c1-3-5-7-9-11-13-14-15-16-17-19-21-23-25-27-35(48)44-31(32(47)26-24-22-20-18-12-10-8-6-4-2)30-54-42-40(53)38(51)41(34(29-46)56-42)57-43-39(52)37(50)36(49)33(28-45)55-43/h4,6,12,14-15,18,24,26,31-34,36-43,45-47,49-53H,3,5,7-11,13,16-17,19-23,25,27-30H2,1-2H3,(H,44,48)/b6-4+,15-14-,18-12+,26-24+. The molecular formula is C43H75NO13. The maximum absolute atomic E-state index is 13.0. The average molecular weight is 814 g/mol. The molecule has 2 fully saturated rings. The highest BCUT2D eigenvalue weighted by molar-refractivity contribution is 5.76. The van der Waals surface area contributed by atoms with Crippen LogP contribution in [0.25, 0.3) is 0 Å².